The fourth-order valence-electron chi connectivity index (χ4n) is 4.23. The van der Waals surface area contributed by atoms with Crippen molar-refractivity contribution >= 4 is 5.69 Å². The van der Waals surface area contributed by atoms with Gasteiger partial charge in [0, 0.05) is 11.3 Å². The molecule has 0 spiro atoms. The Morgan fingerprint density at radius 2 is 1.27 bits per heavy atom. The molecule has 1 unspecified atom stereocenters. The van der Waals surface area contributed by atoms with Crippen molar-refractivity contribution in [3.63, 3.8) is 0 Å². The molecule has 168 valence electrons. The SMILES string of the molecule is CC(C)c1cccc(C(C)C)c1NC(c1ccccc1)c1cccc(-c2ccc(F)cc2)n1. The van der Waals surface area contributed by atoms with Crippen molar-refractivity contribution < 1.29 is 4.39 Å². The summed E-state index contributed by atoms with van der Waals surface area (Å²) in [5, 5.41) is 3.88. The van der Waals surface area contributed by atoms with Gasteiger partial charge in [0.05, 0.1) is 17.4 Å². The predicted octanol–water partition coefficient (Wildman–Crippen LogP) is 8.34. The lowest BCUT2D eigenvalue weighted by Crippen LogP contribution is -2.17. The third kappa shape index (κ3) is 5.14. The summed E-state index contributed by atoms with van der Waals surface area (Å²) >= 11 is 0. The summed E-state index contributed by atoms with van der Waals surface area (Å²) in [5.41, 5.74) is 7.59. The number of rotatable bonds is 7. The van der Waals surface area contributed by atoms with E-state index < -0.39 is 0 Å². The largest absolute Gasteiger partial charge is 0.372 e. The second-order valence-electron chi connectivity index (χ2n) is 9.06. The highest BCUT2D eigenvalue weighted by Crippen LogP contribution is 2.36. The maximum atomic E-state index is 13.4. The summed E-state index contributed by atoms with van der Waals surface area (Å²) in [4.78, 5) is 5.01. The maximum Gasteiger partial charge on any atom is 0.123 e. The fourth-order valence-corrected chi connectivity index (χ4v) is 4.23. The molecule has 0 aliphatic carbocycles. The van der Waals surface area contributed by atoms with Gasteiger partial charge < -0.3 is 5.32 Å². The Bertz CT molecular complexity index is 1170. The zero-order valence-electron chi connectivity index (χ0n) is 19.7. The maximum absolute atomic E-state index is 13.4. The Morgan fingerprint density at radius 1 is 0.667 bits per heavy atom. The van der Waals surface area contributed by atoms with Gasteiger partial charge >= 0.3 is 0 Å². The summed E-state index contributed by atoms with van der Waals surface area (Å²) in [6, 6.07) is 29.4. The average molecular weight is 439 g/mol. The van der Waals surface area contributed by atoms with Gasteiger partial charge in [-0.1, -0.05) is 82.3 Å². The molecule has 1 aromatic heterocycles. The Balaban J connectivity index is 1.83. The van der Waals surface area contributed by atoms with E-state index in [1.54, 1.807) is 12.1 Å². The monoisotopic (exact) mass is 438 g/mol. The standard InChI is InChI=1S/C30H31FN2/c1-20(2)25-12-8-13-26(21(3)4)30(25)33-29(23-10-6-5-7-11-23)28-15-9-14-27(32-28)22-16-18-24(31)19-17-22/h5-21,29,33H,1-4H3. The summed E-state index contributed by atoms with van der Waals surface area (Å²) in [6.07, 6.45) is 0. The van der Waals surface area contributed by atoms with E-state index in [0.717, 1.165) is 22.5 Å². The predicted molar refractivity (Wildman–Crippen MR) is 136 cm³/mol. The van der Waals surface area contributed by atoms with Gasteiger partial charge in [0.15, 0.2) is 0 Å². The zero-order valence-corrected chi connectivity index (χ0v) is 19.7. The third-order valence-corrected chi connectivity index (χ3v) is 6.00. The van der Waals surface area contributed by atoms with Gasteiger partial charge in [-0.05, 0) is 64.9 Å². The van der Waals surface area contributed by atoms with Crippen LogP contribution in [0.1, 0.15) is 68.0 Å². The molecule has 0 fully saturated rings. The molecule has 2 nitrogen and oxygen atoms in total. The summed E-state index contributed by atoms with van der Waals surface area (Å²) in [7, 11) is 0. The van der Waals surface area contributed by atoms with Crippen LogP contribution < -0.4 is 5.32 Å². The fraction of sp³-hybridized carbons (Fsp3) is 0.233. The summed E-state index contributed by atoms with van der Waals surface area (Å²) in [5.74, 6) is 0.535. The topological polar surface area (TPSA) is 24.9 Å². The number of nitrogens with one attached hydrogen (secondary N) is 1. The van der Waals surface area contributed by atoms with Crippen LogP contribution in [0, 0.1) is 5.82 Å². The van der Waals surface area contributed by atoms with Gasteiger partial charge in [-0.3, -0.25) is 4.98 Å². The molecule has 0 aliphatic rings. The molecule has 1 N–H and O–H groups in total. The molecular formula is C30H31FN2. The zero-order chi connectivity index (χ0) is 23.4. The van der Waals surface area contributed by atoms with Crippen molar-refractivity contribution in [2.75, 3.05) is 5.32 Å². The second-order valence-corrected chi connectivity index (χ2v) is 9.06. The normalized spacial score (nSPS) is 12.2. The van der Waals surface area contributed by atoms with Gasteiger partial charge in [-0.2, -0.15) is 0 Å². The van der Waals surface area contributed by atoms with E-state index in [2.05, 4.69) is 81.5 Å². The summed E-state index contributed by atoms with van der Waals surface area (Å²) in [6.45, 7) is 8.93. The quantitative estimate of drug-likeness (QED) is 0.314. The summed E-state index contributed by atoms with van der Waals surface area (Å²) < 4.78 is 13.4. The van der Waals surface area contributed by atoms with Crippen molar-refractivity contribution in [2.24, 2.45) is 0 Å². The second kappa shape index (κ2) is 9.99. The van der Waals surface area contributed by atoms with Crippen LogP contribution >= 0.6 is 0 Å². The molecular weight excluding hydrogens is 407 g/mol. The number of aromatic nitrogens is 1. The minimum Gasteiger partial charge on any atom is -0.372 e. The van der Waals surface area contributed by atoms with Gasteiger partial charge in [-0.15, -0.1) is 0 Å². The minimum atomic E-state index is -0.245. The first kappa shape index (κ1) is 22.7. The lowest BCUT2D eigenvalue weighted by molar-refractivity contribution is 0.628. The molecule has 33 heavy (non-hydrogen) atoms. The van der Waals surface area contributed by atoms with Crippen LogP contribution in [0.25, 0.3) is 11.3 Å². The minimum absolute atomic E-state index is 0.121. The molecule has 1 atom stereocenters. The molecule has 1 heterocycles. The van der Waals surface area contributed by atoms with Gasteiger partial charge in [0.2, 0.25) is 0 Å². The lowest BCUT2D eigenvalue weighted by atomic mass is 9.91. The van der Waals surface area contributed by atoms with Gasteiger partial charge in [0.1, 0.15) is 5.82 Å². The number of nitrogens with zero attached hydrogens (tertiary/aromatic N) is 1. The first-order valence-corrected chi connectivity index (χ1v) is 11.6. The van der Waals surface area contributed by atoms with Crippen molar-refractivity contribution in [3.8, 4) is 11.3 Å². The van der Waals surface area contributed by atoms with Crippen molar-refractivity contribution in [3.05, 3.63) is 119 Å². The molecule has 4 rings (SSSR count). The Hall–Kier alpha value is -3.46. The number of benzene rings is 3. The van der Waals surface area contributed by atoms with Crippen LogP contribution in [-0.4, -0.2) is 4.98 Å². The van der Waals surface area contributed by atoms with Crippen molar-refractivity contribution in [2.45, 2.75) is 45.6 Å². The van der Waals surface area contributed by atoms with E-state index in [9.17, 15) is 4.39 Å². The Kier molecular flexibility index (Phi) is 6.88. The highest BCUT2D eigenvalue weighted by molar-refractivity contribution is 5.63. The van der Waals surface area contributed by atoms with E-state index in [-0.39, 0.29) is 11.9 Å². The molecule has 3 heteroatoms. The lowest BCUT2D eigenvalue weighted by Gasteiger charge is -2.27. The van der Waals surface area contributed by atoms with Crippen LogP contribution in [-0.2, 0) is 0 Å². The molecule has 0 aliphatic heterocycles. The first-order chi connectivity index (χ1) is 15.9. The van der Waals surface area contributed by atoms with E-state index in [4.69, 9.17) is 4.98 Å². The van der Waals surface area contributed by atoms with Crippen molar-refractivity contribution in [1.29, 1.82) is 0 Å². The molecule has 0 amide bonds. The number of hydrogen-bond acceptors (Lipinski definition) is 2. The van der Waals surface area contributed by atoms with Crippen LogP contribution in [0.5, 0.6) is 0 Å². The smallest absolute Gasteiger partial charge is 0.123 e. The number of halogens is 1. The van der Waals surface area contributed by atoms with Crippen molar-refractivity contribution in [1.82, 2.24) is 4.98 Å². The van der Waals surface area contributed by atoms with E-state index in [1.165, 1.54) is 28.9 Å². The highest BCUT2D eigenvalue weighted by Gasteiger charge is 2.21. The molecule has 3 aromatic carbocycles. The van der Waals surface area contributed by atoms with Crippen LogP contribution in [0.3, 0.4) is 0 Å². The average Bonchev–Trinajstić information content (AvgIpc) is 2.83. The molecule has 0 saturated heterocycles. The Morgan fingerprint density at radius 3 is 1.88 bits per heavy atom. The molecule has 0 bridgehead atoms. The molecule has 0 radical (unpaired) electrons. The van der Waals surface area contributed by atoms with E-state index >= 15 is 0 Å². The van der Waals surface area contributed by atoms with Crippen LogP contribution in [0.2, 0.25) is 0 Å². The third-order valence-electron chi connectivity index (χ3n) is 6.00. The van der Waals surface area contributed by atoms with Gasteiger partial charge in [-0.25, -0.2) is 4.39 Å². The van der Waals surface area contributed by atoms with E-state index in [1.807, 2.05) is 18.2 Å². The number of para-hydroxylation sites is 1. The molecule has 0 saturated carbocycles. The molecule has 4 aromatic rings. The number of pyridine rings is 1. The Labute approximate surface area is 196 Å². The first-order valence-electron chi connectivity index (χ1n) is 11.6. The number of anilines is 1. The highest BCUT2D eigenvalue weighted by atomic mass is 19.1. The van der Waals surface area contributed by atoms with Crippen LogP contribution in [0.15, 0.2) is 91.0 Å². The van der Waals surface area contributed by atoms with E-state index in [0.29, 0.717) is 11.8 Å². The van der Waals surface area contributed by atoms with Gasteiger partial charge in [0.25, 0.3) is 0 Å². The number of hydrogen-bond donors (Lipinski definition) is 1. The van der Waals surface area contributed by atoms with Crippen LogP contribution in [0.4, 0.5) is 10.1 Å².